The Balaban J connectivity index is 1.76. The van der Waals surface area contributed by atoms with Crippen molar-refractivity contribution in [3.8, 4) is 28.5 Å². The van der Waals surface area contributed by atoms with Crippen molar-refractivity contribution in [3.05, 3.63) is 118 Å². The average molecular weight is 506 g/mol. The summed E-state index contributed by atoms with van der Waals surface area (Å²) in [5.74, 6) is -0.447. The van der Waals surface area contributed by atoms with E-state index in [1.807, 2.05) is 42.5 Å². The molecule has 37 heavy (non-hydrogen) atoms. The van der Waals surface area contributed by atoms with Gasteiger partial charge in [-0.3, -0.25) is 14.9 Å². The number of carbonyl (C=O) groups excluding carboxylic acids is 1. The molecule has 1 aromatic heterocycles. The SMILES string of the molecule is N#Cc1c(-c2cccc(F)c2)cc(-c2cccc3ccccc23)nc1Sc1ccc([N+](=O)[O-])cc1C=O. The molecule has 0 aliphatic rings. The molecular weight excluding hydrogens is 489 g/mol. The zero-order chi connectivity index (χ0) is 25.9. The Morgan fingerprint density at radius 3 is 2.49 bits per heavy atom. The Morgan fingerprint density at radius 1 is 0.946 bits per heavy atom. The van der Waals surface area contributed by atoms with Crippen LogP contribution in [0.5, 0.6) is 0 Å². The second kappa shape index (κ2) is 10.0. The second-order valence-corrected chi connectivity index (χ2v) is 9.11. The number of pyridine rings is 1. The highest BCUT2D eigenvalue weighted by molar-refractivity contribution is 7.99. The number of non-ortho nitro benzene ring substituents is 1. The molecule has 0 unspecified atom stereocenters. The van der Waals surface area contributed by atoms with E-state index < -0.39 is 10.7 Å². The summed E-state index contributed by atoms with van der Waals surface area (Å²) in [5, 5.41) is 23.6. The first kappa shape index (κ1) is 23.9. The maximum atomic E-state index is 14.2. The van der Waals surface area contributed by atoms with Gasteiger partial charge in [0.05, 0.1) is 16.2 Å². The highest BCUT2D eigenvalue weighted by Crippen LogP contribution is 2.40. The molecular formula is C29H16FN3O3S. The fourth-order valence-corrected chi connectivity index (χ4v) is 5.08. The Kier molecular flexibility index (Phi) is 6.45. The molecule has 0 spiro atoms. The van der Waals surface area contributed by atoms with Crippen molar-refractivity contribution in [3.63, 3.8) is 0 Å². The third kappa shape index (κ3) is 4.68. The number of hydrogen-bond donors (Lipinski definition) is 0. The van der Waals surface area contributed by atoms with Crippen LogP contribution in [0.3, 0.4) is 0 Å². The van der Waals surface area contributed by atoms with Crippen molar-refractivity contribution in [2.75, 3.05) is 0 Å². The van der Waals surface area contributed by atoms with Crippen LogP contribution in [0.4, 0.5) is 10.1 Å². The molecule has 0 saturated heterocycles. The van der Waals surface area contributed by atoms with E-state index in [0.29, 0.717) is 33.0 Å². The molecule has 1 heterocycles. The molecule has 0 N–H and O–H groups in total. The normalized spacial score (nSPS) is 10.7. The predicted octanol–water partition coefficient (Wildman–Crippen LogP) is 7.45. The molecule has 0 atom stereocenters. The number of carbonyl (C=O) groups is 1. The van der Waals surface area contributed by atoms with Crippen molar-refractivity contribution in [1.29, 1.82) is 5.26 Å². The van der Waals surface area contributed by atoms with Crippen molar-refractivity contribution >= 4 is 34.5 Å². The molecule has 0 bridgehead atoms. The third-order valence-corrected chi connectivity index (χ3v) is 6.92. The number of nitro benzene ring substituents is 1. The lowest BCUT2D eigenvalue weighted by atomic mass is 9.97. The molecule has 178 valence electrons. The van der Waals surface area contributed by atoms with Gasteiger partial charge in [-0.15, -0.1) is 0 Å². The van der Waals surface area contributed by atoms with Crippen LogP contribution < -0.4 is 0 Å². The molecule has 0 radical (unpaired) electrons. The molecule has 0 fully saturated rings. The lowest BCUT2D eigenvalue weighted by Gasteiger charge is -2.14. The molecule has 5 aromatic rings. The smallest absolute Gasteiger partial charge is 0.270 e. The van der Waals surface area contributed by atoms with Gasteiger partial charge >= 0.3 is 0 Å². The number of halogens is 1. The van der Waals surface area contributed by atoms with Crippen LogP contribution in [0.2, 0.25) is 0 Å². The van der Waals surface area contributed by atoms with Gasteiger partial charge in [0.2, 0.25) is 0 Å². The van der Waals surface area contributed by atoms with Gasteiger partial charge in [-0.1, -0.05) is 66.4 Å². The molecule has 4 aromatic carbocycles. The number of nitriles is 1. The van der Waals surface area contributed by atoms with E-state index in [2.05, 4.69) is 6.07 Å². The average Bonchev–Trinajstić information content (AvgIpc) is 2.92. The molecule has 0 saturated carbocycles. The standard InChI is InChI=1S/C29H16FN3O3S/c30-21-8-3-7-19(13-21)25-15-27(24-10-4-6-18-5-1-2-9-23(18)24)32-29(26(25)16-31)37-28-12-11-22(33(35)36)14-20(28)17-34/h1-15,17H. The number of benzene rings is 4. The van der Waals surface area contributed by atoms with Crippen molar-refractivity contribution in [2.24, 2.45) is 0 Å². The first-order chi connectivity index (χ1) is 18.0. The maximum Gasteiger partial charge on any atom is 0.270 e. The lowest BCUT2D eigenvalue weighted by molar-refractivity contribution is -0.384. The summed E-state index contributed by atoms with van der Waals surface area (Å²) >= 11 is 1.06. The van der Waals surface area contributed by atoms with Crippen LogP contribution in [0.25, 0.3) is 33.2 Å². The van der Waals surface area contributed by atoms with Gasteiger partial charge in [0.15, 0.2) is 6.29 Å². The number of rotatable bonds is 6. The molecule has 0 aliphatic carbocycles. The van der Waals surface area contributed by atoms with Crippen molar-refractivity contribution in [1.82, 2.24) is 4.98 Å². The van der Waals surface area contributed by atoms with Crippen LogP contribution in [0, 0.1) is 27.3 Å². The summed E-state index contributed by atoms with van der Waals surface area (Å²) in [7, 11) is 0. The monoisotopic (exact) mass is 505 g/mol. The van der Waals surface area contributed by atoms with Gasteiger partial charge in [0, 0.05) is 33.7 Å². The number of hydrogen-bond acceptors (Lipinski definition) is 6. The van der Waals surface area contributed by atoms with Crippen molar-refractivity contribution < 1.29 is 14.1 Å². The Morgan fingerprint density at radius 2 is 1.73 bits per heavy atom. The lowest BCUT2D eigenvalue weighted by Crippen LogP contribution is -1.98. The van der Waals surface area contributed by atoms with Crippen molar-refractivity contribution in [2.45, 2.75) is 9.92 Å². The molecule has 0 aliphatic heterocycles. The number of nitrogens with zero attached hydrogens (tertiary/aromatic N) is 3. The minimum absolute atomic E-state index is 0.104. The largest absolute Gasteiger partial charge is 0.298 e. The predicted molar refractivity (Wildman–Crippen MR) is 140 cm³/mol. The minimum atomic E-state index is -0.580. The molecule has 6 nitrogen and oxygen atoms in total. The van der Waals surface area contributed by atoms with Gasteiger partial charge in [-0.2, -0.15) is 5.26 Å². The van der Waals surface area contributed by atoms with E-state index in [1.165, 1.54) is 30.3 Å². The number of aldehydes is 1. The summed E-state index contributed by atoms with van der Waals surface area (Å²) in [4.78, 5) is 27.5. The first-order valence-corrected chi connectivity index (χ1v) is 11.9. The second-order valence-electron chi connectivity index (χ2n) is 8.08. The fraction of sp³-hybridized carbons (Fsp3) is 0. The van der Waals surface area contributed by atoms with Crippen LogP contribution in [-0.4, -0.2) is 16.2 Å². The van der Waals surface area contributed by atoms with E-state index in [9.17, 15) is 24.6 Å². The van der Waals surface area contributed by atoms with Gasteiger partial charge < -0.3 is 0 Å². The van der Waals surface area contributed by atoms with E-state index in [4.69, 9.17) is 4.98 Å². The minimum Gasteiger partial charge on any atom is -0.298 e. The maximum absolute atomic E-state index is 14.2. The summed E-state index contributed by atoms with van der Waals surface area (Å²) in [6, 6.07) is 27.5. The molecule has 8 heteroatoms. The topological polar surface area (TPSA) is 96.9 Å². The number of nitro groups is 1. The third-order valence-electron chi connectivity index (χ3n) is 5.84. The van der Waals surface area contributed by atoms with Gasteiger partial charge in [0.25, 0.3) is 5.69 Å². The van der Waals surface area contributed by atoms with Gasteiger partial charge in [0.1, 0.15) is 16.9 Å². The van der Waals surface area contributed by atoms with Crippen LogP contribution in [-0.2, 0) is 0 Å². The van der Waals surface area contributed by atoms with E-state index in [-0.39, 0.29) is 16.8 Å². The zero-order valence-electron chi connectivity index (χ0n) is 19.1. The Hall–Kier alpha value is -4.87. The summed E-state index contributed by atoms with van der Waals surface area (Å²) in [6.45, 7) is 0. The highest BCUT2D eigenvalue weighted by Gasteiger charge is 2.20. The highest BCUT2D eigenvalue weighted by atomic mass is 32.2. The number of aromatic nitrogens is 1. The summed E-state index contributed by atoms with van der Waals surface area (Å²) in [6.07, 6.45) is 0.531. The van der Waals surface area contributed by atoms with Crippen LogP contribution in [0.1, 0.15) is 15.9 Å². The Labute approximate surface area is 215 Å². The van der Waals surface area contributed by atoms with E-state index in [1.54, 1.807) is 18.2 Å². The first-order valence-electron chi connectivity index (χ1n) is 11.1. The van der Waals surface area contributed by atoms with Gasteiger partial charge in [-0.05, 0) is 40.6 Å². The van der Waals surface area contributed by atoms with Gasteiger partial charge in [-0.25, -0.2) is 9.37 Å². The Bertz CT molecular complexity index is 1740. The fourth-order valence-electron chi connectivity index (χ4n) is 4.11. The van der Waals surface area contributed by atoms with E-state index in [0.717, 1.165) is 28.1 Å². The van der Waals surface area contributed by atoms with Crippen LogP contribution in [0.15, 0.2) is 101 Å². The zero-order valence-corrected chi connectivity index (χ0v) is 19.9. The molecule has 5 rings (SSSR count). The van der Waals surface area contributed by atoms with E-state index >= 15 is 0 Å². The summed E-state index contributed by atoms with van der Waals surface area (Å²) < 4.78 is 14.2. The quantitative estimate of drug-likeness (QED) is 0.135. The van der Waals surface area contributed by atoms with Crippen LogP contribution >= 0.6 is 11.8 Å². The summed E-state index contributed by atoms with van der Waals surface area (Å²) in [5.41, 5.74) is 2.46. The number of fused-ring (bicyclic) bond motifs is 1. The molecule has 0 amide bonds.